The van der Waals surface area contributed by atoms with E-state index in [0.29, 0.717) is 61.0 Å². The summed E-state index contributed by atoms with van der Waals surface area (Å²) in [7, 11) is 0. The Labute approximate surface area is 282 Å². The Hall–Kier alpha value is -4.49. The van der Waals surface area contributed by atoms with Crippen molar-refractivity contribution in [1.29, 1.82) is 0 Å². The highest BCUT2D eigenvalue weighted by Crippen LogP contribution is 2.27. The van der Waals surface area contributed by atoms with Gasteiger partial charge in [-0.3, -0.25) is 24.2 Å². The molecule has 4 heterocycles. The van der Waals surface area contributed by atoms with Gasteiger partial charge in [0.25, 0.3) is 17.7 Å². The molecule has 4 aromatic rings. The average molecular weight is 674 g/mol. The number of thiazole rings is 2. The minimum absolute atomic E-state index is 0.150. The van der Waals surface area contributed by atoms with Crippen LogP contribution in [0.2, 0.25) is 0 Å². The number of aromatic nitrogens is 3. The van der Waals surface area contributed by atoms with Gasteiger partial charge in [-0.2, -0.15) is 0 Å². The third kappa shape index (κ3) is 9.52. The molecule has 47 heavy (non-hydrogen) atoms. The number of carbonyl (C=O) groups excluding carboxylic acids is 4. The summed E-state index contributed by atoms with van der Waals surface area (Å²) in [4.78, 5) is 68.2. The van der Waals surface area contributed by atoms with Crippen LogP contribution in [0.15, 0.2) is 65.5 Å². The van der Waals surface area contributed by atoms with Crippen LogP contribution in [0.25, 0.3) is 0 Å². The second-order valence-corrected chi connectivity index (χ2v) is 13.6. The van der Waals surface area contributed by atoms with Crippen LogP contribution in [-0.4, -0.2) is 63.1 Å². The molecule has 0 aliphatic carbocycles. The average Bonchev–Trinajstić information content (AvgIpc) is 3.77. The molecule has 0 saturated carbocycles. The summed E-state index contributed by atoms with van der Waals surface area (Å²) in [6.07, 6.45) is 3.87. The SMILES string of the molecule is CC(C)C[C@@H]1NC(=O)CCCN(C(=O)c2ccccn2)CCCNC(=O)c2csc(n2)[C@H](Cc2ccccc2)NC(=O)c2csc1n2. The minimum atomic E-state index is -0.493. The zero-order valence-electron chi connectivity index (χ0n) is 26.5. The van der Waals surface area contributed by atoms with Crippen molar-refractivity contribution in [2.24, 2.45) is 5.92 Å². The summed E-state index contributed by atoms with van der Waals surface area (Å²) in [5.41, 5.74) is 1.86. The van der Waals surface area contributed by atoms with Gasteiger partial charge in [-0.15, -0.1) is 22.7 Å². The lowest BCUT2D eigenvalue weighted by atomic mass is 10.0. The van der Waals surface area contributed by atoms with Crippen LogP contribution in [0, 0.1) is 5.92 Å². The number of nitrogens with zero attached hydrogens (tertiary/aromatic N) is 4. The molecule has 1 aliphatic heterocycles. The number of nitrogens with one attached hydrogen (secondary N) is 3. The van der Waals surface area contributed by atoms with Gasteiger partial charge in [-0.1, -0.05) is 50.2 Å². The molecule has 4 amide bonds. The summed E-state index contributed by atoms with van der Waals surface area (Å²) in [6.45, 7) is 5.20. The molecular formula is C34H39N7O4S2. The molecule has 1 aliphatic rings. The fourth-order valence-electron chi connectivity index (χ4n) is 5.30. The molecular weight excluding hydrogens is 635 g/mol. The van der Waals surface area contributed by atoms with E-state index in [0.717, 1.165) is 5.56 Å². The number of rotatable bonds is 5. The van der Waals surface area contributed by atoms with E-state index in [-0.39, 0.29) is 53.4 Å². The van der Waals surface area contributed by atoms with Gasteiger partial charge in [0.15, 0.2) is 0 Å². The minimum Gasteiger partial charge on any atom is -0.351 e. The standard InChI is InChI=1S/C34H39N7O4S2/c1-22(2)18-25-32-40-28(21-47-32)31(44)38-26(19-23-10-4-3-5-11-23)33-39-27(20-46-33)30(43)36-15-9-17-41(16-8-13-29(42)37-25)34(45)24-12-6-7-14-35-24/h3-7,10-12,14,20-22,25-26H,8-9,13,15-19H2,1-2H3,(H,36,43)(H,37,42)(H,38,44)/t25-,26-/m0/s1. The Morgan fingerprint density at radius 3 is 2.26 bits per heavy atom. The number of pyridine rings is 1. The van der Waals surface area contributed by atoms with Crippen LogP contribution in [0.4, 0.5) is 0 Å². The predicted octanol–water partition coefficient (Wildman–Crippen LogP) is 4.97. The van der Waals surface area contributed by atoms with Crippen molar-refractivity contribution >= 4 is 46.3 Å². The van der Waals surface area contributed by atoms with Gasteiger partial charge in [0, 0.05) is 43.0 Å². The Balaban J connectivity index is 1.41. The Morgan fingerprint density at radius 2 is 1.55 bits per heavy atom. The normalized spacial score (nSPS) is 18.5. The molecule has 11 nitrogen and oxygen atoms in total. The van der Waals surface area contributed by atoms with Crippen molar-refractivity contribution in [1.82, 2.24) is 35.8 Å². The van der Waals surface area contributed by atoms with E-state index in [4.69, 9.17) is 0 Å². The molecule has 0 radical (unpaired) electrons. The molecule has 0 fully saturated rings. The Kier molecular flexibility index (Phi) is 11.8. The molecule has 246 valence electrons. The van der Waals surface area contributed by atoms with Gasteiger partial charge in [-0.25, -0.2) is 9.97 Å². The maximum absolute atomic E-state index is 13.5. The first-order valence-electron chi connectivity index (χ1n) is 15.8. The fourth-order valence-corrected chi connectivity index (χ4v) is 7.02. The van der Waals surface area contributed by atoms with Gasteiger partial charge < -0.3 is 20.9 Å². The van der Waals surface area contributed by atoms with E-state index >= 15 is 0 Å². The Morgan fingerprint density at radius 1 is 0.872 bits per heavy atom. The van der Waals surface area contributed by atoms with E-state index < -0.39 is 6.04 Å². The summed E-state index contributed by atoms with van der Waals surface area (Å²) in [6, 6.07) is 14.1. The number of fused-ring (bicyclic) bond motifs is 4. The van der Waals surface area contributed by atoms with Crippen LogP contribution < -0.4 is 16.0 Å². The smallest absolute Gasteiger partial charge is 0.272 e. The fraction of sp³-hybridized carbons (Fsp3) is 0.382. The number of hydrogen-bond acceptors (Lipinski definition) is 9. The third-order valence-electron chi connectivity index (χ3n) is 7.63. The van der Waals surface area contributed by atoms with E-state index in [1.165, 1.54) is 22.7 Å². The lowest BCUT2D eigenvalue weighted by Crippen LogP contribution is -2.36. The lowest BCUT2D eigenvalue weighted by Gasteiger charge is -2.23. The molecule has 3 aromatic heterocycles. The molecule has 5 rings (SSSR count). The highest BCUT2D eigenvalue weighted by Gasteiger charge is 2.26. The lowest BCUT2D eigenvalue weighted by molar-refractivity contribution is -0.122. The second-order valence-electron chi connectivity index (χ2n) is 11.8. The highest BCUT2D eigenvalue weighted by molar-refractivity contribution is 7.10. The highest BCUT2D eigenvalue weighted by atomic mass is 32.1. The first-order chi connectivity index (χ1) is 22.8. The van der Waals surface area contributed by atoms with Crippen molar-refractivity contribution < 1.29 is 19.2 Å². The molecule has 1 aromatic carbocycles. The van der Waals surface area contributed by atoms with Crippen LogP contribution in [-0.2, 0) is 11.2 Å². The summed E-state index contributed by atoms with van der Waals surface area (Å²) in [5, 5.41) is 13.8. The van der Waals surface area contributed by atoms with E-state index in [1.54, 1.807) is 40.1 Å². The summed E-state index contributed by atoms with van der Waals surface area (Å²) < 4.78 is 0. The maximum atomic E-state index is 13.5. The monoisotopic (exact) mass is 673 g/mol. The quantitative estimate of drug-likeness (QED) is 0.271. The van der Waals surface area contributed by atoms with Crippen molar-refractivity contribution in [2.45, 2.75) is 58.0 Å². The molecule has 0 saturated heterocycles. The van der Waals surface area contributed by atoms with Crippen LogP contribution in [0.3, 0.4) is 0 Å². The zero-order chi connectivity index (χ0) is 33.2. The summed E-state index contributed by atoms with van der Waals surface area (Å²) >= 11 is 2.65. The topological polar surface area (TPSA) is 146 Å². The van der Waals surface area contributed by atoms with Gasteiger partial charge >= 0.3 is 0 Å². The number of carbonyl (C=O) groups is 4. The second kappa shape index (κ2) is 16.4. The van der Waals surface area contributed by atoms with E-state index in [2.05, 4.69) is 44.7 Å². The first kappa shape index (κ1) is 33.9. The van der Waals surface area contributed by atoms with Gasteiger partial charge in [0.05, 0.1) is 12.1 Å². The zero-order valence-corrected chi connectivity index (χ0v) is 28.1. The van der Waals surface area contributed by atoms with Gasteiger partial charge in [0.1, 0.15) is 27.1 Å². The number of benzene rings is 1. The summed E-state index contributed by atoms with van der Waals surface area (Å²) in [5.74, 6) is -0.791. The van der Waals surface area contributed by atoms with Crippen LogP contribution >= 0.6 is 22.7 Å². The molecule has 3 N–H and O–H groups in total. The maximum Gasteiger partial charge on any atom is 0.272 e. The number of hydrogen-bond donors (Lipinski definition) is 3. The van der Waals surface area contributed by atoms with E-state index in [9.17, 15) is 19.2 Å². The predicted molar refractivity (Wildman–Crippen MR) is 181 cm³/mol. The molecule has 2 atom stereocenters. The van der Waals surface area contributed by atoms with E-state index in [1.807, 2.05) is 30.3 Å². The van der Waals surface area contributed by atoms with Crippen molar-refractivity contribution in [3.05, 3.63) is 98.1 Å². The largest absolute Gasteiger partial charge is 0.351 e. The van der Waals surface area contributed by atoms with Crippen LogP contribution in [0.1, 0.15) is 98.7 Å². The van der Waals surface area contributed by atoms with Crippen molar-refractivity contribution in [2.75, 3.05) is 19.6 Å². The molecule has 4 bridgehead atoms. The first-order valence-corrected chi connectivity index (χ1v) is 17.6. The Bertz CT molecular complexity index is 1660. The number of amides is 4. The third-order valence-corrected chi connectivity index (χ3v) is 9.55. The molecule has 0 unspecified atom stereocenters. The van der Waals surface area contributed by atoms with Gasteiger partial charge in [0.2, 0.25) is 5.91 Å². The van der Waals surface area contributed by atoms with Crippen molar-refractivity contribution in [3.8, 4) is 0 Å². The van der Waals surface area contributed by atoms with Crippen molar-refractivity contribution in [3.63, 3.8) is 0 Å². The van der Waals surface area contributed by atoms with Crippen LogP contribution in [0.5, 0.6) is 0 Å². The molecule has 13 heteroatoms. The van der Waals surface area contributed by atoms with Gasteiger partial charge in [-0.05, 0) is 49.3 Å². The molecule has 0 spiro atoms.